The van der Waals surface area contributed by atoms with Crippen LogP contribution in [0.5, 0.6) is 0 Å². The summed E-state index contributed by atoms with van der Waals surface area (Å²) in [4.78, 5) is 25.7. The molecule has 0 aliphatic carbocycles. The third-order valence-corrected chi connectivity index (χ3v) is 3.93. The van der Waals surface area contributed by atoms with Gasteiger partial charge >= 0.3 is 12.1 Å². The SMILES string of the molecule is CC(C)(C)OC(=O)N1CCC(NC(=O)Nc2ccccc2Cl)CC1. The Balaban J connectivity index is 1.77. The first-order chi connectivity index (χ1) is 11.2. The molecule has 2 N–H and O–H groups in total. The first-order valence-corrected chi connectivity index (χ1v) is 8.42. The maximum atomic E-state index is 12.0. The molecule has 1 saturated heterocycles. The zero-order valence-electron chi connectivity index (χ0n) is 14.3. The van der Waals surface area contributed by atoms with E-state index in [-0.39, 0.29) is 18.2 Å². The van der Waals surface area contributed by atoms with E-state index in [1.807, 2.05) is 20.8 Å². The average molecular weight is 354 g/mol. The number of hydrogen-bond donors (Lipinski definition) is 2. The zero-order valence-corrected chi connectivity index (χ0v) is 15.0. The van der Waals surface area contributed by atoms with E-state index in [1.165, 1.54) is 0 Å². The number of hydrogen-bond acceptors (Lipinski definition) is 3. The summed E-state index contributed by atoms with van der Waals surface area (Å²) < 4.78 is 5.36. The van der Waals surface area contributed by atoms with Crippen LogP contribution in [0.2, 0.25) is 5.02 Å². The van der Waals surface area contributed by atoms with Gasteiger partial charge in [-0.05, 0) is 45.7 Å². The van der Waals surface area contributed by atoms with Crippen LogP contribution in [0.25, 0.3) is 0 Å². The number of ether oxygens (including phenoxy) is 1. The predicted molar refractivity (Wildman–Crippen MR) is 94.4 cm³/mol. The van der Waals surface area contributed by atoms with Crippen molar-refractivity contribution >= 4 is 29.4 Å². The number of carbonyl (C=O) groups is 2. The topological polar surface area (TPSA) is 70.7 Å². The molecule has 0 unspecified atom stereocenters. The second kappa shape index (κ2) is 7.75. The summed E-state index contributed by atoms with van der Waals surface area (Å²) in [5.74, 6) is 0. The minimum Gasteiger partial charge on any atom is -0.444 e. The maximum absolute atomic E-state index is 12.0. The summed E-state index contributed by atoms with van der Waals surface area (Å²) in [6.45, 7) is 6.66. The summed E-state index contributed by atoms with van der Waals surface area (Å²) in [6, 6.07) is 6.80. The molecule has 0 atom stereocenters. The fraction of sp³-hybridized carbons (Fsp3) is 0.529. The average Bonchev–Trinajstić information content (AvgIpc) is 2.48. The highest BCUT2D eigenvalue weighted by molar-refractivity contribution is 6.33. The summed E-state index contributed by atoms with van der Waals surface area (Å²) in [6.07, 6.45) is 1.08. The molecule has 0 bridgehead atoms. The second-order valence-electron chi connectivity index (χ2n) is 6.82. The van der Waals surface area contributed by atoms with Crippen molar-refractivity contribution in [2.24, 2.45) is 0 Å². The van der Waals surface area contributed by atoms with Gasteiger partial charge in [0, 0.05) is 19.1 Å². The van der Waals surface area contributed by atoms with Crippen LogP contribution in [-0.2, 0) is 4.74 Å². The van der Waals surface area contributed by atoms with Gasteiger partial charge in [-0.1, -0.05) is 23.7 Å². The largest absolute Gasteiger partial charge is 0.444 e. The quantitative estimate of drug-likeness (QED) is 0.848. The molecule has 132 valence electrons. The first kappa shape index (κ1) is 18.4. The highest BCUT2D eigenvalue weighted by Gasteiger charge is 2.27. The van der Waals surface area contributed by atoms with Crippen molar-refractivity contribution < 1.29 is 14.3 Å². The Morgan fingerprint density at radius 2 is 1.83 bits per heavy atom. The number of piperidine rings is 1. The van der Waals surface area contributed by atoms with E-state index in [1.54, 1.807) is 29.2 Å². The number of benzene rings is 1. The molecule has 2 rings (SSSR count). The molecule has 1 aliphatic heterocycles. The van der Waals surface area contributed by atoms with Crippen molar-refractivity contribution in [3.63, 3.8) is 0 Å². The minimum atomic E-state index is -0.499. The normalized spacial score (nSPS) is 15.8. The monoisotopic (exact) mass is 353 g/mol. The van der Waals surface area contributed by atoms with Gasteiger partial charge in [-0.3, -0.25) is 0 Å². The Hall–Kier alpha value is -1.95. The molecule has 1 fully saturated rings. The lowest BCUT2D eigenvalue weighted by Crippen LogP contribution is -2.48. The smallest absolute Gasteiger partial charge is 0.410 e. The van der Waals surface area contributed by atoms with Gasteiger partial charge in [0.25, 0.3) is 0 Å². The highest BCUT2D eigenvalue weighted by atomic mass is 35.5. The number of amides is 3. The molecule has 7 heteroatoms. The molecule has 1 aromatic carbocycles. The molecule has 24 heavy (non-hydrogen) atoms. The number of likely N-dealkylation sites (tertiary alicyclic amines) is 1. The fourth-order valence-electron chi connectivity index (χ4n) is 2.44. The number of nitrogens with zero attached hydrogens (tertiary/aromatic N) is 1. The number of halogens is 1. The molecule has 3 amide bonds. The van der Waals surface area contributed by atoms with Crippen LogP contribution >= 0.6 is 11.6 Å². The summed E-state index contributed by atoms with van der Waals surface area (Å²) in [7, 11) is 0. The van der Waals surface area contributed by atoms with Crippen molar-refractivity contribution in [2.45, 2.75) is 45.3 Å². The number of anilines is 1. The number of rotatable bonds is 2. The van der Waals surface area contributed by atoms with E-state index in [0.717, 1.165) is 0 Å². The second-order valence-corrected chi connectivity index (χ2v) is 7.23. The molecular formula is C17H24ClN3O3. The lowest BCUT2D eigenvalue weighted by Gasteiger charge is -2.33. The molecule has 0 radical (unpaired) electrons. The van der Waals surface area contributed by atoms with E-state index >= 15 is 0 Å². The van der Waals surface area contributed by atoms with Gasteiger partial charge in [0.05, 0.1) is 10.7 Å². The Kier molecular flexibility index (Phi) is 5.94. The lowest BCUT2D eigenvalue weighted by atomic mass is 10.1. The Bertz CT molecular complexity index is 593. The molecule has 1 aliphatic rings. The summed E-state index contributed by atoms with van der Waals surface area (Å²) >= 11 is 6.02. The van der Waals surface area contributed by atoms with Crippen LogP contribution in [0.1, 0.15) is 33.6 Å². The van der Waals surface area contributed by atoms with E-state index in [9.17, 15) is 9.59 Å². The third-order valence-electron chi connectivity index (χ3n) is 3.60. The van der Waals surface area contributed by atoms with E-state index < -0.39 is 5.60 Å². The van der Waals surface area contributed by atoms with Crippen LogP contribution in [-0.4, -0.2) is 41.8 Å². The molecule has 1 heterocycles. The third kappa shape index (κ3) is 5.60. The van der Waals surface area contributed by atoms with Gasteiger partial charge in [0.1, 0.15) is 5.60 Å². The zero-order chi connectivity index (χ0) is 17.7. The summed E-state index contributed by atoms with van der Waals surface area (Å²) in [5, 5.41) is 6.14. The number of para-hydroxylation sites is 1. The molecule has 0 aromatic heterocycles. The van der Waals surface area contributed by atoms with Gasteiger partial charge < -0.3 is 20.3 Å². The van der Waals surface area contributed by atoms with Crippen LogP contribution in [0.4, 0.5) is 15.3 Å². The van der Waals surface area contributed by atoms with Gasteiger partial charge in [-0.25, -0.2) is 9.59 Å². The van der Waals surface area contributed by atoms with Gasteiger partial charge in [0.2, 0.25) is 0 Å². The lowest BCUT2D eigenvalue weighted by molar-refractivity contribution is 0.0202. The van der Waals surface area contributed by atoms with Crippen molar-refractivity contribution in [1.29, 1.82) is 0 Å². The molecule has 6 nitrogen and oxygen atoms in total. The summed E-state index contributed by atoms with van der Waals surface area (Å²) in [5.41, 5.74) is 0.0731. The van der Waals surface area contributed by atoms with Crippen molar-refractivity contribution in [2.75, 3.05) is 18.4 Å². The van der Waals surface area contributed by atoms with E-state index in [4.69, 9.17) is 16.3 Å². The van der Waals surface area contributed by atoms with Gasteiger partial charge in [-0.15, -0.1) is 0 Å². The highest BCUT2D eigenvalue weighted by Crippen LogP contribution is 2.20. The Labute approximate surface area is 147 Å². The van der Waals surface area contributed by atoms with Crippen LogP contribution < -0.4 is 10.6 Å². The molecule has 0 saturated carbocycles. The van der Waals surface area contributed by atoms with Crippen LogP contribution in [0.3, 0.4) is 0 Å². The number of urea groups is 1. The van der Waals surface area contributed by atoms with Crippen LogP contribution in [0, 0.1) is 0 Å². The van der Waals surface area contributed by atoms with Gasteiger partial charge in [0.15, 0.2) is 0 Å². The maximum Gasteiger partial charge on any atom is 0.410 e. The number of nitrogens with one attached hydrogen (secondary N) is 2. The molecular weight excluding hydrogens is 330 g/mol. The van der Waals surface area contributed by atoms with Gasteiger partial charge in [-0.2, -0.15) is 0 Å². The number of carbonyl (C=O) groups excluding carboxylic acids is 2. The predicted octanol–water partition coefficient (Wildman–Crippen LogP) is 3.86. The minimum absolute atomic E-state index is 0.0196. The molecule has 1 aromatic rings. The standard InChI is InChI=1S/C17H24ClN3O3/c1-17(2,3)24-16(23)21-10-8-12(9-11-21)19-15(22)20-14-7-5-4-6-13(14)18/h4-7,12H,8-11H2,1-3H3,(H2,19,20,22). The van der Waals surface area contributed by atoms with E-state index in [2.05, 4.69) is 10.6 Å². The molecule has 0 spiro atoms. The fourth-order valence-corrected chi connectivity index (χ4v) is 2.62. The van der Waals surface area contributed by atoms with Crippen molar-refractivity contribution in [1.82, 2.24) is 10.2 Å². The van der Waals surface area contributed by atoms with E-state index in [0.29, 0.717) is 36.6 Å². The Morgan fingerprint density at radius 3 is 2.42 bits per heavy atom. The first-order valence-electron chi connectivity index (χ1n) is 8.04. The van der Waals surface area contributed by atoms with Crippen molar-refractivity contribution in [3.8, 4) is 0 Å². The van der Waals surface area contributed by atoms with Crippen LogP contribution in [0.15, 0.2) is 24.3 Å². The Morgan fingerprint density at radius 1 is 1.21 bits per heavy atom. The van der Waals surface area contributed by atoms with Crippen molar-refractivity contribution in [3.05, 3.63) is 29.3 Å².